The fraction of sp³-hybridized carbons (Fsp3) is 0.440. The summed E-state index contributed by atoms with van der Waals surface area (Å²) < 4.78 is 12.9. The van der Waals surface area contributed by atoms with Crippen LogP contribution in [-0.2, 0) is 9.16 Å². The SMILES string of the molecule is C=CC[C@H]1CC[C@H]([C@H](O)CO[Si](c2ccccc2)(c2ccccc2)C(C)(C)C)O1. The zero-order chi connectivity index (χ0) is 20.9. The highest BCUT2D eigenvalue weighted by molar-refractivity contribution is 6.99. The molecule has 0 bridgehead atoms. The molecule has 0 saturated carbocycles. The first-order chi connectivity index (χ1) is 13.9. The van der Waals surface area contributed by atoms with Gasteiger partial charge in [-0.1, -0.05) is 87.5 Å². The monoisotopic (exact) mass is 410 g/mol. The van der Waals surface area contributed by atoms with Gasteiger partial charge < -0.3 is 14.3 Å². The van der Waals surface area contributed by atoms with Crippen molar-refractivity contribution in [3.05, 3.63) is 73.3 Å². The number of hydrogen-bond acceptors (Lipinski definition) is 3. The summed E-state index contributed by atoms with van der Waals surface area (Å²) in [4.78, 5) is 0. The van der Waals surface area contributed by atoms with Gasteiger partial charge in [0.15, 0.2) is 0 Å². The minimum atomic E-state index is -2.63. The molecule has 1 heterocycles. The van der Waals surface area contributed by atoms with Crippen molar-refractivity contribution < 1.29 is 14.3 Å². The van der Waals surface area contributed by atoms with Crippen molar-refractivity contribution in [3.63, 3.8) is 0 Å². The minimum absolute atomic E-state index is 0.0999. The number of aliphatic hydroxyl groups is 1. The summed E-state index contributed by atoms with van der Waals surface area (Å²) in [5, 5.41) is 13.3. The van der Waals surface area contributed by atoms with Crippen molar-refractivity contribution >= 4 is 18.7 Å². The van der Waals surface area contributed by atoms with E-state index in [9.17, 15) is 5.11 Å². The molecule has 0 aromatic heterocycles. The van der Waals surface area contributed by atoms with E-state index in [2.05, 4.69) is 75.9 Å². The molecule has 1 aliphatic heterocycles. The molecule has 2 aromatic rings. The zero-order valence-electron chi connectivity index (χ0n) is 17.9. The Balaban J connectivity index is 1.89. The predicted molar refractivity (Wildman–Crippen MR) is 122 cm³/mol. The summed E-state index contributed by atoms with van der Waals surface area (Å²) in [5.74, 6) is 0. The first-order valence-corrected chi connectivity index (χ1v) is 12.5. The Morgan fingerprint density at radius 1 is 1.07 bits per heavy atom. The Hall–Kier alpha value is -1.72. The molecule has 1 fully saturated rings. The Morgan fingerprint density at radius 2 is 1.62 bits per heavy atom. The molecular weight excluding hydrogens is 376 g/mol. The average molecular weight is 411 g/mol. The third-order valence-electron chi connectivity index (χ3n) is 5.89. The van der Waals surface area contributed by atoms with Crippen LogP contribution in [-0.4, -0.2) is 38.3 Å². The summed E-state index contributed by atoms with van der Waals surface area (Å²) in [7, 11) is -2.63. The van der Waals surface area contributed by atoms with Crippen molar-refractivity contribution in [2.45, 2.75) is 63.4 Å². The van der Waals surface area contributed by atoms with Crippen LogP contribution >= 0.6 is 0 Å². The summed E-state index contributed by atoms with van der Waals surface area (Å²) in [6.45, 7) is 10.8. The molecule has 0 unspecified atom stereocenters. The maximum atomic E-state index is 10.9. The van der Waals surface area contributed by atoms with Crippen LogP contribution < -0.4 is 10.4 Å². The van der Waals surface area contributed by atoms with Crippen LogP contribution in [0.5, 0.6) is 0 Å². The van der Waals surface area contributed by atoms with E-state index in [1.807, 2.05) is 18.2 Å². The van der Waals surface area contributed by atoms with Gasteiger partial charge in [0.1, 0.15) is 6.10 Å². The lowest BCUT2D eigenvalue weighted by atomic mass is 10.1. The van der Waals surface area contributed by atoms with Gasteiger partial charge in [0, 0.05) is 0 Å². The van der Waals surface area contributed by atoms with Gasteiger partial charge in [0.25, 0.3) is 8.32 Å². The van der Waals surface area contributed by atoms with E-state index in [-0.39, 0.29) is 23.9 Å². The van der Waals surface area contributed by atoms with Crippen molar-refractivity contribution in [2.24, 2.45) is 0 Å². The van der Waals surface area contributed by atoms with Gasteiger partial charge in [-0.25, -0.2) is 0 Å². The summed E-state index contributed by atoms with van der Waals surface area (Å²) in [6.07, 6.45) is 3.91. The Kier molecular flexibility index (Phi) is 7.12. The van der Waals surface area contributed by atoms with Crippen LogP contribution in [0.1, 0.15) is 40.0 Å². The van der Waals surface area contributed by atoms with Crippen LogP contribution in [0.3, 0.4) is 0 Å². The molecule has 1 N–H and O–H groups in total. The van der Waals surface area contributed by atoms with Crippen LogP contribution in [0.2, 0.25) is 5.04 Å². The number of aliphatic hydroxyl groups excluding tert-OH is 1. The molecular formula is C25H34O3Si. The fourth-order valence-electron chi connectivity index (χ4n) is 4.46. The smallest absolute Gasteiger partial charge is 0.261 e. The Morgan fingerprint density at radius 3 is 2.10 bits per heavy atom. The molecule has 3 nitrogen and oxygen atoms in total. The molecule has 2 aromatic carbocycles. The molecule has 0 aliphatic carbocycles. The largest absolute Gasteiger partial charge is 0.405 e. The average Bonchev–Trinajstić information content (AvgIpc) is 3.18. The maximum Gasteiger partial charge on any atom is 0.261 e. The molecule has 0 radical (unpaired) electrons. The minimum Gasteiger partial charge on any atom is -0.405 e. The quantitative estimate of drug-likeness (QED) is 0.527. The molecule has 156 valence electrons. The molecule has 0 spiro atoms. The molecule has 0 amide bonds. The van der Waals surface area contributed by atoms with Gasteiger partial charge in [0.05, 0.1) is 18.8 Å². The lowest BCUT2D eigenvalue weighted by Crippen LogP contribution is -2.67. The van der Waals surface area contributed by atoms with E-state index in [4.69, 9.17) is 9.16 Å². The van der Waals surface area contributed by atoms with Gasteiger partial charge in [-0.15, -0.1) is 6.58 Å². The van der Waals surface area contributed by atoms with Gasteiger partial charge in [-0.05, 0) is 34.7 Å². The molecule has 29 heavy (non-hydrogen) atoms. The third-order valence-corrected chi connectivity index (χ3v) is 10.9. The normalized spacial score (nSPS) is 21.1. The van der Waals surface area contributed by atoms with Gasteiger partial charge >= 0.3 is 0 Å². The molecule has 1 saturated heterocycles. The van der Waals surface area contributed by atoms with Crippen molar-refractivity contribution in [3.8, 4) is 0 Å². The first-order valence-electron chi connectivity index (χ1n) is 10.6. The van der Waals surface area contributed by atoms with E-state index in [1.54, 1.807) is 0 Å². The van der Waals surface area contributed by atoms with E-state index < -0.39 is 14.4 Å². The Bertz CT molecular complexity index is 730. The molecule has 4 heteroatoms. The van der Waals surface area contributed by atoms with Crippen LogP contribution in [0, 0.1) is 0 Å². The highest BCUT2D eigenvalue weighted by Crippen LogP contribution is 2.37. The summed E-state index contributed by atoms with van der Waals surface area (Å²) in [6, 6.07) is 21.1. The van der Waals surface area contributed by atoms with Crippen LogP contribution in [0.4, 0.5) is 0 Å². The second-order valence-corrected chi connectivity index (χ2v) is 13.2. The lowest BCUT2D eigenvalue weighted by Gasteiger charge is -2.43. The van der Waals surface area contributed by atoms with Crippen LogP contribution in [0.25, 0.3) is 0 Å². The van der Waals surface area contributed by atoms with Gasteiger partial charge in [0.2, 0.25) is 0 Å². The van der Waals surface area contributed by atoms with Crippen molar-refractivity contribution in [1.82, 2.24) is 0 Å². The molecule has 3 rings (SSSR count). The molecule has 1 aliphatic rings. The summed E-state index contributed by atoms with van der Waals surface area (Å²) in [5.41, 5.74) is 0. The van der Waals surface area contributed by atoms with Crippen molar-refractivity contribution in [2.75, 3.05) is 6.61 Å². The predicted octanol–water partition coefficient (Wildman–Crippen LogP) is 4.05. The van der Waals surface area contributed by atoms with Crippen LogP contribution in [0.15, 0.2) is 73.3 Å². The number of rotatable bonds is 8. The number of hydrogen-bond donors (Lipinski definition) is 1. The van der Waals surface area contributed by atoms with E-state index >= 15 is 0 Å². The number of ether oxygens (including phenoxy) is 1. The van der Waals surface area contributed by atoms with Gasteiger partial charge in [-0.3, -0.25) is 0 Å². The maximum absolute atomic E-state index is 10.9. The number of benzene rings is 2. The lowest BCUT2D eigenvalue weighted by molar-refractivity contribution is -0.0498. The highest BCUT2D eigenvalue weighted by atomic mass is 28.4. The van der Waals surface area contributed by atoms with E-state index in [0.29, 0.717) is 0 Å². The molecule has 3 atom stereocenters. The first kappa shape index (κ1) is 22.0. The van der Waals surface area contributed by atoms with E-state index in [0.717, 1.165) is 19.3 Å². The van der Waals surface area contributed by atoms with E-state index in [1.165, 1.54) is 10.4 Å². The van der Waals surface area contributed by atoms with Crippen molar-refractivity contribution in [1.29, 1.82) is 0 Å². The standard InChI is InChI=1S/C25H34O3Si/c1-5-12-20-17-18-24(28-20)23(26)19-27-29(25(2,3)4,21-13-8-6-9-14-21)22-15-10-7-11-16-22/h5-11,13-16,20,23-24,26H,1,12,17-19H2,2-4H3/t20-,23+,24+/m0/s1. The topological polar surface area (TPSA) is 38.7 Å². The zero-order valence-corrected chi connectivity index (χ0v) is 18.9. The third kappa shape index (κ3) is 4.72. The van der Waals surface area contributed by atoms with Gasteiger partial charge in [-0.2, -0.15) is 0 Å². The second-order valence-electron chi connectivity index (χ2n) is 8.94. The second kappa shape index (κ2) is 9.39. The fourth-order valence-corrected chi connectivity index (χ4v) is 9.03. The summed E-state index contributed by atoms with van der Waals surface area (Å²) >= 11 is 0. The highest BCUT2D eigenvalue weighted by Gasteiger charge is 2.50. The Labute approximate surface area is 176 Å².